The summed E-state index contributed by atoms with van der Waals surface area (Å²) in [5, 5.41) is 11.1. The van der Waals surface area contributed by atoms with Gasteiger partial charge >= 0.3 is 0 Å². The highest BCUT2D eigenvalue weighted by molar-refractivity contribution is 5.85. The maximum atomic E-state index is 13.1. The van der Waals surface area contributed by atoms with Crippen molar-refractivity contribution < 1.29 is 14.6 Å². The Morgan fingerprint density at radius 3 is 2.38 bits per heavy atom. The van der Waals surface area contributed by atoms with Crippen molar-refractivity contribution in [3.05, 3.63) is 35.9 Å². The van der Waals surface area contributed by atoms with Gasteiger partial charge in [-0.15, -0.1) is 0 Å². The number of amides is 1. The highest BCUT2D eigenvalue weighted by Crippen LogP contribution is 2.51. The zero-order valence-corrected chi connectivity index (χ0v) is 15.0. The van der Waals surface area contributed by atoms with Gasteiger partial charge in [-0.25, -0.2) is 0 Å². The summed E-state index contributed by atoms with van der Waals surface area (Å²) >= 11 is 0. The molecule has 2 fully saturated rings. The molecule has 1 heterocycles. The molecule has 4 heteroatoms. The molecule has 1 saturated heterocycles. The van der Waals surface area contributed by atoms with Crippen LogP contribution in [0.4, 0.5) is 0 Å². The molecule has 2 aliphatic rings. The predicted molar refractivity (Wildman–Crippen MR) is 93.1 cm³/mol. The third-order valence-electron chi connectivity index (χ3n) is 5.51. The molecule has 3 rings (SSSR count). The Bertz CT molecular complexity index is 572. The van der Waals surface area contributed by atoms with E-state index in [0.717, 1.165) is 31.2 Å². The van der Waals surface area contributed by atoms with Gasteiger partial charge in [-0.2, -0.15) is 0 Å². The molecule has 0 radical (unpaired) electrons. The van der Waals surface area contributed by atoms with Gasteiger partial charge in [-0.1, -0.05) is 49.6 Å². The maximum absolute atomic E-state index is 13.1. The van der Waals surface area contributed by atoms with Gasteiger partial charge in [0.2, 0.25) is 0 Å². The van der Waals surface area contributed by atoms with Gasteiger partial charge in [0.1, 0.15) is 12.3 Å². The zero-order valence-electron chi connectivity index (χ0n) is 15.0. The number of aliphatic hydroxyl groups excluding tert-OH is 1. The molecular formula is C20H29NO3. The number of aliphatic hydroxyl groups is 1. The molecule has 1 aliphatic carbocycles. The second-order valence-electron chi connectivity index (χ2n) is 8.22. The molecule has 1 amide bonds. The number of benzene rings is 1. The minimum atomic E-state index is -0.758. The molecule has 1 aromatic carbocycles. The average molecular weight is 331 g/mol. The Morgan fingerprint density at radius 2 is 1.79 bits per heavy atom. The van der Waals surface area contributed by atoms with Crippen LogP contribution >= 0.6 is 0 Å². The van der Waals surface area contributed by atoms with E-state index in [0.29, 0.717) is 6.61 Å². The molecule has 1 N–H and O–H groups in total. The zero-order chi connectivity index (χ0) is 17.4. The van der Waals surface area contributed by atoms with Crippen LogP contribution in [0.1, 0.15) is 58.4 Å². The van der Waals surface area contributed by atoms with Crippen LogP contribution in [0.15, 0.2) is 30.3 Å². The van der Waals surface area contributed by atoms with E-state index in [1.807, 2.05) is 51.1 Å². The molecule has 2 atom stereocenters. The van der Waals surface area contributed by atoms with Gasteiger partial charge < -0.3 is 14.7 Å². The first-order valence-corrected chi connectivity index (χ1v) is 9.03. The Kier molecular flexibility index (Phi) is 4.71. The van der Waals surface area contributed by atoms with E-state index in [9.17, 15) is 9.90 Å². The summed E-state index contributed by atoms with van der Waals surface area (Å²) in [7, 11) is 0. The second-order valence-corrected chi connectivity index (χ2v) is 8.22. The van der Waals surface area contributed by atoms with Crippen molar-refractivity contribution in [2.24, 2.45) is 5.41 Å². The van der Waals surface area contributed by atoms with Gasteiger partial charge in [0.15, 0.2) is 0 Å². The monoisotopic (exact) mass is 331 g/mol. The van der Waals surface area contributed by atoms with Crippen LogP contribution in [0, 0.1) is 5.41 Å². The van der Waals surface area contributed by atoms with Gasteiger partial charge in [-0.3, -0.25) is 4.79 Å². The number of carbonyl (C=O) groups is 1. The van der Waals surface area contributed by atoms with Crippen LogP contribution < -0.4 is 0 Å². The minimum Gasteiger partial charge on any atom is -0.373 e. The lowest BCUT2D eigenvalue weighted by atomic mass is 9.70. The SMILES string of the molecule is CC(C)(C)N1C(=O)[C@@H](OCc2ccccc2)C2(CCCCC2)[C@@H]1O. The summed E-state index contributed by atoms with van der Waals surface area (Å²) in [5.41, 5.74) is 0.184. The normalized spacial score (nSPS) is 27.0. The lowest BCUT2D eigenvalue weighted by Crippen LogP contribution is -2.50. The van der Waals surface area contributed by atoms with Gasteiger partial charge in [-0.05, 0) is 39.2 Å². The average Bonchev–Trinajstić information content (AvgIpc) is 2.74. The first-order chi connectivity index (χ1) is 11.4. The predicted octanol–water partition coefficient (Wildman–Crippen LogP) is 3.48. The van der Waals surface area contributed by atoms with Crippen molar-refractivity contribution in [3.8, 4) is 0 Å². The van der Waals surface area contributed by atoms with E-state index < -0.39 is 23.3 Å². The van der Waals surface area contributed by atoms with E-state index in [-0.39, 0.29) is 5.91 Å². The maximum Gasteiger partial charge on any atom is 0.254 e. The largest absolute Gasteiger partial charge is 0.373 e. The van der Waals surface area contributed by atoms with Crippen LogP contribution in [-0.2, 0) is 16.1 Å². The number of hydrogen-bond donors (Lipinski definition) is 1. The molecule has 1 saturated carbocycles. The molecule has 1 aromatic rings. The summed E-state index contributed by atoms with van der Waals surface area (Å²) in [4.78, 5) is 14.7. The van der Waals surface area contributed by atoms with Crippen LogP contribution in [0.3, 0.4) is 0 Å². The highest BCUT2D eigenvalue weighted by Gasteiger charge is 2.61. The molecule has 0 bridgehead atoms. The molecule has 0 unspecified atom stereocenters. The fourth-order valence-electron chi connectivity index (χ4n) is 4.30. The van der Waals surface area contributed by atoms with E-state index in [1.54, 1.807) is 4.90 Å². The first-order valence-electron chi connectivity index (χ1n) is 9.03. The molecular weight excluding hydrogens is 302 g/mol. The molecule has 1 spiro atoms. The van der Waals surface area contributed by atoms with Crippen molar-refractivity contribution in [1.82, 2.24) is 4.90 Å². The Morgan fingerprint density at radius 1 is 1.17 bits per heavy atom. The minimum absolute atomic E-state index is 0.0622. The smallest absolute Gasteiger partial charge is 0.254 e. The van der Waals surface area contributed by atoms with Crippen LogP contribution in [-0.4, -0.2) is 33.8 Å². The summed E-state index contributed by atoms with van der Waals surface area (Å²) in [6, 6.07) is 9.93. The third-order valence-corrected chi connectivity index (χ3v) is 5.51. The Hall–Kier alpha value is -1.39. The van der Waals surface area contributed by atoms with Crippen LogP contribution in [0.2, 0.25) is 0 Å². The molecule has 0 aromatic heterocycles. The third kappa shape index (κ3) is 2.98. The quantitative estimate of drug-likeness (QED) is 0.922. The van der Waals surface area contributed by atoms with Gasteiger partial charge in [0.25, 0.3) is 5.91 Å². The van der Waals surface area contributed by atoms with E-state index in [2.05, 4.69) is 0 Å². The van der Waals surface area contributed by atoms with E-state index >= 15 is 0 Å². The van der Waals surface area contributed by atoms with Crippen molar-refractivity contribution >= 4 is 5.91 Å². The lowest BCUT2D eigenvalue weighted by molar-refractivity contribution is -0.147. The summed E-state index contributed by atoms with van der Waals surface area (Å²) in [6.07, 6.45) is 3.67. The number of nitrogens with zero attached hydrogens (tertiary/aromatic N) is 1. The topological polar surface area (TPSA) is 49.8 Å². The summed E-state index contributed by atoms with van der Waals surface area (Å²) in [6.45, 7) is 6.34. The number of carbonyl (C=O) groups excluding carboxylic acids is 1. The second kappa shape index (κ2) is 6.49. The fraction of sp³-hybridized carbons (Fsp3) is 0.650. The Labute approximate surface area is 144 Å². The highest BCUT2D eigenvalue weighted by atomic mass is 16.5. The van der Waals surface area contributed by atoms with E-state index in [4.69, 9.17) is 4.74 Å². The van der Waals surface area contributed by atoms with Crippen molar-refractivity contribution in [2.75, 3.05) is 0 Å². The molecule has 24 heavy (non-hydrogen) atoms. The fourth-order valence-corrected chi connectivity index (χ4v) is 4.30. The summed E-state index contributed by atoms with van der Waals surface area (Å²) < 4.78 is 6.14. The van der Waals surface area contributed by atoms with Crippen molar-refractivity contribution in [3.63, 3.8) is 0 Å². The van der Waals surface area contributed by atoms with Crippen molar-refractivity contribution in [1.29, 1.82) is 0 Å². The lowest BCUT2D eigenvalue weighted by Gasteiger charge is -2.42. The molecule has 1 aliphatic heterocycles. The molecule has 4 nitrogen and oxygen atoms in total. The number of likely N-dealkylation sites (tertiary alicyclic amines) is 1. The van der Waals surface area contributed by atoms with Crippen LogP contribution in [0.5, 0.6) is 0 Å². The number of rotatable bonds is 3. The first kappa shape index (κ1) is 17.4. The van der Waals surface area contributed by atoms with E-state index in [1.165, 1.54) is 6.42 Å². The van der Waals surface area contributed by atoms with Crippen molar-refractivity contribution in [2.45, 2.75) is 77.4 Å². The molecule has 132 valence electrons. The van der Waals surface area contributed by atoms with Gasteiger partial charge in [0.05, 0.1) is 12.0 Å². The van der Waals surface area contributed by atoms with Gasteiger partial charge in [0, 0.05) is 5.54 Å². The Balaban J connectivity index is 1.87. The number of ether oxygens (including phenoxy) is 1. The standard InChI is InChI=1S/C20H29NO3/c1-19(2,3)21-17(22)16(24-14-15-10-6-4-7-11-15)20(18(21)23)12-8-5-9-13-20/h4,6-7,10-11,16,18,23H,5,8-9,12-14H2,1-3H3/t16-,18+/m1/s1. The van der Waals surface area contributed by atoms with Crippen LogP contribution in [0.25, 0.3) is 0 Å². The summed E-state index contributed by atoms with van der Waals surface area (Å²) in [5.74, 6) is -0.0622. The number of hydrogen-bond acceptors (Lipinski definition) is 3.